The molecule has 0 atom stereocenters. The fraction of sp³-hybridized carbons (Fsp3) is 0.235. The van der Waals surface area contributed by atoms with Crippen LogP contribution in [0.15, 0.2) is 54.6 Å². The Balaban J connectivity index is 1.57. The number of carbonyl (C=O) groups is 1. The number of hydrogen-bond acceptors (Lipinski definition) is 2. The summed E-state index contributed by atoms with van der Waals surface area (Å²) in [5, 5.41) is 5.37. The number of halogens is 1. The first kappa shape index (κ1) is 15.8. The van der Waals surface area contributed by atoms with Crippen LogP contribution >= 0.6 is 0 Å². The molecule has 4 nitrogen and oxygen atoms in total. The zero-order chi connectivity index (χ0) is 15.6. The molecular formula is C17H19FN2O2. The van der Waals surface area contributed by atoms with Crippen molar-refractivity contribution in [3.05, 3.63) is 66.0 Å². The molecule has 0 saturated carbocycles. The first-order valence-electron chi connectivity index (χ1n) is 7.18. The van der Waals surface area contributed by atoms with Crippen molar-refractivity contribution in [3.8, 4) is 5.75 Å². The van der Waals surface area contributed by atoms with Gasteiger partial charge >= 0.3 is 6.03 Å². The topological polar surface area (TPSA) is 50.4 Å². The maximum absolute atomic E-state index is 13.4. The highest BCUT2D eigenvalue weighted by Gasteiger charge is 2.02. The fourth-order valence-electron chi connectivity index (χ4n) is 1.92. The van der Waals surface area contributed by atoms with Gasteiger partial charge in [-0.15, -0.1) is 0 Å². The highest BCUT2D eigenvalue weighted by molar-refractivity contribution is 5.73. The van der Waals surface area contributed by atoms with E-state index in [1.54, 1.807) is 18.2 Å². The Hall–Kier alpha value is -2.56. The molecule has 0 bridgehead atoms. The monoisotopic (exact) mass is 302 g/mol. The summed E-state index contributed by atoms with van der Waals surface area (Å²) in [6.45, 7) is 1.18. The lowest BCUT2D eigenvalue weighted by atomic mass is 10.1. The maximum atomic E-state index is 13.4. The van der Waals surface area contributed by atoms with E-state index in [2.05, 4.69) is 10.6 Å². The van der Waals surface area contributed by atoms with Gasteiger partial charge in [-0.1, -0.05) is 36.4 Å². The maximum Gasteiger partial charge on any atom is 0.314 e. The van der Waals surface area contributed by atoms with Gasteiger partial charge in [0.25, 0.3) is 0 Å². The van der Waals surface area contributed by atoms with Crippen molar-refractivity contribution in [3.63, 3.8) is 0 Å². The Bertz CT molecular complexity index is 590. The van der Waals surface area contributed by atoms with Crippen molar-refractivity contribution >= 4 is 6.03 Å². The number of amides is 2. The molecule has 0 saturated heterocycles. The molecule has 2 rings (SSSR count). The van der Waals surface area contributed by atoms with Crippen LogP contribution in [0, 0.1) is 5.82 Å². The zero-order valence-corrected chi connectivity index (χ0v) is 12.2. The number of rotatable bonds is 7. The van der Waals surface area contributed by atoms with E-state index < -0.39 is 0 Å². The van der Waals surface area contributed by atoms with Gasteiger partial charge in [-0.3, -0.25) is 0 Å². The molecule has 0 aliphatic rings. The third-order valence-electron chi connectivity index (χ3n) is 3.04. The molecule has 5 heteroatoms. The molecule has 0 heterocycles. The Morgan fingerprint density at radius 2 is 1.64 bits per heavy atom. The van der Waals surface area contributed by atoms with Crippen molar-refractivity contribution < 1.29 is 13.9 Å². The zero-order valence-electron chi connectivity index (χ0n) is 12.2. The van der Waals surface area contributed by atoms with Crippen LogP contribution in [-0.4, -0.2) is 25.7 Å². The SMILES string of the molecule is O=C(NCCOc1ccccc1)NCCc1ccccc1F. The number of ether oxygens (including phenoxy) is 1. The largest absolute Gasteiger partial charge is 0.492 e. The van der Waals surface area contributed by atoms with Crippen molar-refractivity contribution in [2.75, 3.05) is 19.7 Å². The molecule has 0 aliphatic carbocycles. The first-order chi connectivity index (χ1) is 10.8. The third-order valence-corrected chi connectivity index (χ3v) is 3.04. The van der Waals surface area contributed by atoms with Gasteiger partial charge in [0.1, 0.15) is 18.2 Å². The summed E-state index contributed by atoms with van der Waals surface area (Å²) in [5.41, 5.74) is 0.593. The van der Waals surface area contributed by atoms with Crippen LogP contribution < -0.4 is 15.4 Å². The second-order valence-electron chi connectivity index (χ2n) is 4.69. The lowest BCUT2D eigenvalue weighted by molar-refractivity contribution is 0.236. The molecule has 22 heavy (non-hydrogen) atoms. The Labute approximate surface area is 129 Å². The number of benzene rings is 2. The van der Waals surface area contributed by atoms with Crippen molar-refractivity contribution in [2.24, 2.45) is 0 Å². The Morgan fingerprint density at radius 3 is 2.41 bits per heavy atom. The van der Waals surface area contributed by atoms with Gasteiger partial charge in [-0.25, -0.2) is 9.18 Å². The lowest BCUT2D eigenvalue weighted by Crippen LogP contribution is -2.38. The smallest absolute Gasteiger partial charge is 0.314 e. The summed E-state index contributed by atoms with van der Waals surface area (Å²) in [4.78, 5) is 11.6. The second-order valence-corrected chi connectivity index (χ2v) is 4.69. The molecule has 116 valence electrons. The molecule has 0 unspecified atom stereocenters. The minimum absolute atomic E-state index is 0.249. The molecule has 2 amide bonds. The number of hydrogen-bond donors (Lipinski definition) is 2. The quantitative estimate of drug-likeness (QED) is 0.773. The number of carbonyl (C=O) groups excluding carboxylic acids is 1. The number of para-hydroxylation sites is 1. The highest BCUT2D eigenvalue weighted by atomic mass is 19.1. The van der Waals surface area contributed by atoms with E-state index >= 15 is 0 Å². The number of urea groups is 1. The van der Waals surface area contributed by atoms with Crippen molar-refractivity contribution in [1.29, 1.82) is 0 Å². The lowest BCUT2D eigenvalue weighted by Gasteiger charge is -2.09. The highest BCUT2D eigenvalue weighted by Crippen LogP contribution is 2.07. The minimum Gasteiger partial charge on any atom is -0.492 e. The molecule has 0 aromatic heterocycles. The van der Waals surface area contributed by atoms with Gasteiger partial charge in [-0.05, 0) is 30.2 Å². The molecule has 0 fully saturated rings. The molecular weight excluding hydrogens is 283 g/mol. The summed E-state index contributed by atoms with van der Waals surface area (Å²) in [6.07, 6.45) is 0.459. The normalized spacial score (nSPS) is 10.0. The predicted octanol–water partition coefficient (Wildman–Crippen LogP) is 2.75. The van der Waals surface area contributed by atoms with E-state index in [-0.39, 0.29) is 11.8 Å². The van der Waals surface area contributed by atoms with Gasteiger partial charge in [0.05, 0.1) is 6.54 Å². The third kappa shape index (κ3) is 5.44. The fourth-order valence-corrected chi connectivity index (χ4v) is 1.92. The van der Waals surface area contributed by atoms with Gasteiger partial charge in [0, 0.05) is 6.54 Å². The van der Waals surface area contributed by atoms with Crippen molar-refractivity contribution in [1.82, 2.24) is 10.6 Å². The van der Waals surface area contributed by atoms with Gasteiger partial charge < -0.3 is 15.4 Å². The summed E-state index contributed by atoms with van der Waals surface area (Å²) in [5.74, 6) is 0.519. The van der Waals surface area contributed by atoms with Crippen LogP contribution in [0.4, 0.5) is 9.18 Å². The standard InChI is InChI=1S/C17H19FN2O2/c18-16-9-5-4-6-14(16)10-11-19-17(21)20-12-13-22-15-7-2-1-3-8-15/h1-9H,10-13H2,(H2,19,20,21). The van der Waals surface area contributed by atoms with Gasteiger partial charge in [-0.2, -0.15) is 0 Å². The number of nitrogens with one attached hydrogen (secondary N) is 2. The van der Waals surface area contributed by atoms with Crippen LogP contribution in [0.25, 0.3) is 0 Å². The molecule has 2 aromatic carbocycles. The van der Waals surface area contributed by atoms with E-state index in [1.807, 2.05) is 30.3 Å². The van der Waals surface area contributed by atoms with Gasteiger partial charge in [0.15, 0.2) is 0 Å². The van der Waals surface area contributed by atoms with E-state index in [1.165, 1.54) is 6.07 Å². The Morgan fingerprint density at radius 1 is 0.955 bits per heavy atom. The molecule has 0 aliphatic heterocycles. The molecule has 2 N–H and O–H groups in total. The van der Waals surface area contributed by atoms with E-state index in [4.69, 9.17) is 4.74 Å². The summed E-state index contributed by atoms with van der Waals surface area (Å²) in [7, 11) is 0. The molecule has 2 aromatic rings. The van der Waals surface area contributed by atoms with E-state index in [0.29, 0.717) is 31.7 Å². The van der Waals surface area contributed by atoms with Crippen molar-refractivity contribution in [2.45, 2.75) is 6.42 Å². The van der Waals surface area contributed by atoms with Crippen LogP contribution in [-0.2, 0) is 6.42 Å². The molecule has 0 spiro atoms. The summed E-state index contributed by atoms with van der Waals surface area (Å²) < 4.78 is 18.8. The van der Waals surface area contributed by atoms with E-state index in [0.717, 1.165) is 5.75 Å². The average Bonchev–Trinajstić information content (AvgIpc) is 2.54. The second kappa shape index (κ2) is 8.67. The summed E-state index contributed by atoms with van der Waals surface area (Å²) in [6, 6.07) is 15.7. The minimum atomic E-state index is -0.284. The van der Waals surface area contributed by atoms with Gasteiger partial charge in [0.2, 0.25) is 0 Å². The van der Waals surface area contributed by atoms with Crippen LogP contribution in [0.3, 0.4) is 0 Å². The molecule has 0 radical (unpaired) electrons. The average molecular weight is 302 g/mol. The first-order valence-corrected chi connectivity index (χ1v) is 7.18. The van der Waals surface area contributed by atoms with Crippen LogP contribution in [0.1, 0.15) is 5.56 Å². The van der Waals surface area contributed by atoms with Crippen LogP contribution in [0.5, 0.6) is 5.75 Å². The summed E-state index contributed by atoms with van der Waals surface area (Å²) >= 11 is 0. The van der Waals surface area contributed by atoms with E-state index in [9.17, 15) is 9.18 Å². The van der Waals surface area contributed by atoms with Crippen LogP contribution in [0.2, 0.25) is 0 Å². The predicted molar refractivity (Wildman–Crippen MR) is 83.4 cm³/mol. The Kier molecular flexibility index (Phi) is 6.23.